The summed E-state index contributed by atoms with van der Waals surface area (Å²) in [5, 5.41) is 1.07. The van der Waals surface area contributed by atoms with Crippen LogP contribution in [0.5, 0.6) is 0 Å². The number of rotatable bonds is 3. The Morgan fingerprint density at radius 1 is 1.62 bits per heavy atom. The lowest BCUT2D eigenvalue weighted by atomic mass is 10.4. The minimum atomic E-state index is 0.294. The SMILES string of the molecule is CC(C)N(C)c1nc(Cl)c(C=O)s1. The van der Waals surface area contributed by atoms with Crippen molar-refractivity contribution in [2.75, 3.05) is 11.9 Å². The van der Waals surface area contributed by atoms with Gasteiger partial charge in [-0.1, -0.05) is 22.9 Å². The number of carbonyl (C=O) groups excluding carboxylic acids is 1. The van der Waals surface area contributed by atoms with E-state index in [0.29, 0.717) is 16.1 Å². The second kappa shape index (κ2) is 4.07. The maximum atomic E-state index is 10.5. The molecule has 0 fully saturated rings. The molecular formula is C8H11ClN2OS. The van der Waals surface area contributed by atoms with Crippen molar-refractivity contribution in [1.82, 2.24) is 4.98 Å². The number of anilines is 1. The second-order valence-corrected chi connectivity index (χ2v) is 4.34. The summed E-state index contributed by atoms with van der Waals surface area (Å²) in [4.78, 5) is 17.0. The van der Waals surface area contributed by atoms with Crippen LogP contribution < -0.4 is 4.90 Å². The number of thiazole rings is 1. The van der Waals surface area contributed by atoms with Crippen molar-refractivity contribution in [2.24, 2.45) is 0 Å². The topological polar surface area (TPSA) is 33.2 Å². The van der Waals surface area contributed by atoms with Gasteiger partial charge in [0, 0.05) is 13.1 Å². The van der Waals surface area contributed by atoms with E-state index in [1.165, 1.54) is 11.3 Å². The lowest BCUT2D eigenvalue weighted by Crippen LogP contribution is -2.25. The highest BCUT2D eigenvalue weighted by molar-refractivity contribution is 7.17. The highest BCUT2D eigenvalue weighted by Crippen LogP contribution is 2.28. The Balaban J connectivity index is 2.96. The van der Waals surface area contributed by atoms with Gasteiger partial charge in [-0.2, -0.15) is 0 Å². The van der Waals surface area contributed by atoms with Crippen LogP contribution in [0.4, 0.5) is 5.13 Å². The van der Waals surface area contributed by atoms with Crippen molar-refractivity contribution in [1.29, 1.82) is 0 Å². The van der Waals surface area contributed by atoms with Gasteiger partial charge in [0.2, 0.25) is 0 Å². The van der Waals surface area contributed by atoms with Crippen LogP contribution in [0.15, 0.2) is 0 Å². The lowest BCUT2D eigenvalue weighted by molar-refractivity contribution is 0.112. The quantitative estimate of drug-likeness (QED) is 0.731. The van der Waals surface area contributed by atoms with E-state index >= 15 is 0 Å². The molecule has 3 nitrogen and oxygen atoms in total. The van der Waals surface area contributed by atoms with Gasteiger partial charge in [0.25, 0.3) is 0 Å². The Bertz CT molecular complexity index is 311. The third-order valence-corrected chi connectivity index (χ3v) is 3.25. The molecule has 0 aliphatic rings. The molecule has 0 atom stereocenters. The fraction of sp³-hybridized carbons (Fsp3) is 0.500. The van der Waals surface area contributed by atoms with Crippen molar-refractivity contribution < 1.29 is 4.79 Å². The molecule has 1 rings (SSSR count). The number of aldehydes is 1. The number of aromatic nitrogens is 1. The fourth-order valence-electron chi connectivity index (χ4n) is 0.747. The number of carbonyl (C=O) groups is 1. The molecule has 0 aliphatic carbocycles. The molecule has 0 aliphatic heterocycles. The van der Waals surface area contributed by atoms with Gasteiger partial charge >= 0.3 is 0 Å². The lowest BCUT2D eigenvalue weighted by Gasteiger charge is -2.19. The van der Waals surface area contributed by atoms with Crippen LogP contribution in [-0.2, 0) is 0 Å². The summed E-state index contributed by atoms with van der Waals surface area (Å²) < 4.78 is 0. The zero-order valence-corrected chi connectivity index (χ0v) is 9.32. The Morgan fingerprint density at radius 2 is 2.23 bits per heavy atom. The first-order chi connectivity index (χ1) is 6.06. The second-order valence-electron chi connectivity index (χ2n) is 2.97. The Labute approximate surface area is 86.3 Å². The van der Waals surface area contributed by atoms with Crippen LogP contribution in [-0.4, -0.2) is 24.4 Å². The summed E-state index contributed by atoms with van der Waals surface area (Å²) in [6, 6.07) is 0.349. The van der Waals surface area contributed by atoms with Gasteiger partial charge in [0.15, 0.2) is 16.6 Å². The molecule has 0 saturated carbocycles. The van der Waals surface area contributed by atoms with E-state index in [-0.39, 0.29) is 0 Å². The van der Waals surface area contributed by atoms with Crippen LogP contribution in [0, 0.1) is 0 Å². The molecule has 0 N–H and O–H groups in total. The van der Waals surface area contributed by atoms with Crippen LogP contribution in [0.2, 0.25) is 5.15 Å². The molecule has 0 aromatic carbocycles. The average molecular weight is 219 g/mol. The highest BCUT2D eigenvalue weighted by atomic mass is 35.5. The van der Waals surface area contributed by atoms with Gasteiger partial charge in [-0.05, 0) is 13.8 Å². The highest BCUT2D eigenvalue weighted by Gasteiger charge is 2.13. The average Bonchev–Trinajstić information content (AvgIpc) is 2.45. The predicted molar refractivity (Wildman–Crippen MR) is 56.1 cm³/mol. The van der Waals surface area contributed by atoms with E-state index in [0.717, 1.165) is 11.4 Å². The van der Waals surface area contributed by atoms with Gasteiger partial charge in [-0.25, -0.2) is 4.98 Å². The van der Waals surface area contributed by atoms with Gasteiger partial charge < -0.3 is 4.90 Å². The van der Waals surface area contributed by atoms with E-state index in [1.54, 1.807) is 0 Å². The molecule has 72 valence electrons. The monoisotopic (exact) mass is 218 g/mol. The zero-order chi connectivity index (χ0) is 10.0. The van der Waals surface area contributed by atoms with E-state index in [2.05, 4.69) is 18.8 Å². The van der Waals surface area contributed by atoms with Gasteiger partial charge in [0.1, 0.15) is 4.88 Å². The number of halogens is 1. The first kappa shape index (κ1) is 10.5. The first-order valence-electron chi connectivity index (χ1n) is 3.90. The molecule has 0 amide bonds. The standard InChI is InChI=1S/C8H11ClN2OS/c1-5(2)11(3)8-10-7(9)6(4-12)13-8/h4-5H,1-3H3. The third-order valence-electron chi connectivity index (χ3n) is 1.78. The number of nitrogens with zero attached hydrogens (tertiary/aromatic N) is 2. The molecule has 0 bridgehead atoms. The minimum absolute atomic E-state index is 0.294. The number of hydrogen-bond acceptors (Lipinski definition) is 4. The maximum Gasteiger partial charge on any atom is 0.187 e. The van der Waals surface area contributed by atoms with Gasteiger partial charge in [-0.15, -0.1) is 0 Å². The minimum Gasteiger partial charge on any atom is -0.349 e. The van der Waals surface area contributed by atoms with Crippen LogP contribution in [0.25, 0.3) is 0 Å². The van der Waals surface area contributed by atoms with Crippen molar-refractivity contribution >= 4 is 34.4 Å². The maximum absolute atomic E-state index is 10.5. The third kappa shape index (κ3) is 2.19. The first-order valence-corrected chi connectivity index (χ1v) is 5.10. The van der Waals surface area contributed by atoms with Crippen molar-refractivity contribution in [2.45, 2.75) is 19.9 Å². The van der Waals surface area contributed by atoms with Crippen molar-refractivity contribution in [3.05, 3.63) is 10.0 Å². The largest absolute Gasteiger partial charge is 0.349 e. The van der Waals surface area contributed by atoms with Crippen molar-refractivity contribution in [3.63, 3.8) is 0 Å². The molecule has 1 aromatic rings. The molecule has 0 radical (unpaired) electrons. The molecule has 0 unspecified atom stereocenters. The summed E-state index contributed by atoms with van der Waals surface area (Å²) in [6.45, 7) is 4.10. The predicted octanol–water partition coefficient (Wildman–Crippen LogP) is 2.45. The zero-order valence-electron chi connectivity index (χ0n) is 7.74. The molecular weight excluding hydrogens is 208 g/mol. The molecule has 1 heterocycles. The van der Waals surface area contributed by atoms with Crippen molar-refractivity contribution in [3.8, 4) is 0 Å². The Kier molecular flexibility index (Phi) is 3.27. The Morgan fingerprint density at radius 3 is 2.62 bits per heavy atom. The Hall–Kier alpha value is -0.610. The van der Waals surface area contributed by atoms with E-state index in [9.17, 15) is 4.79 Å². The van der Waals surface area contributed by atoms with E-state index in [4.69, 9.17) is 11.6 Å². The fourth-order valence-corrected chi connectivity index (χ4v) is 1.90. The summed E-state index contributed by atoms with van der Waals surface area (Å²) in [5.74, 6) is 0. The van der Waals surface area contributed by atoms with Gasteiger partial charge in [0.05, 0.1) is 0 Å². The van der Waals surface area contributed by atoms with Crippen LogP contribution >= 0.6 is 22.9 Å². The summed E-state index contributed by atoms with van der Waals surface area (Å²) >= 11 is 7.05. The molecule has 13 heavy (non-hydrogen) atoms. The van der Waals surface area contributed by atoms with Crippen LogP contribution in [0.1, 0.15) is 23.5 Å². The van der Waals surface area contributed by atoms with E-state index < -0.39 is 0 Å². The van der Waals surface area contributed by atoms with Gasteiger partial charge in [-0.3, -0.25) is 4.79 Å². The molecule has 0 saturated heterocycles. The number of hydrogen-bond donors (Lipinski definition) is 0. The smallest absolute Gasteiger partial charge is 0.187 e. The molecule has 0 spiro atoms. The normalized spacial score (nSPS) is 10.5. The summed E-state index contributed by atoms with van der Waals surface area (Å²) in [6.07, 6.45) is 0.734. The summed E-state index contributed by atoms with van der Waals surface area (Å²) in [5.41, 5.74) is 0. The van der Waals surface area contributed by atoms with E-state index in [1.807, 2.05) is 11.9 Å². The summed E-state index contributed by atoms with van der Waals surface area (Å²) in [7, 11) is 1.93. The molecule has 1 aromatic heterocycles. The molecule has 5 heteroatoms. The van der Waals surface area contributed by atoms with Crippen LogP contribution in [0.3, 0.4) is 0 Å².